The molecular formula is C14H11BrClF2N. The third kappa shape index (κ3) is 3.53. The van der Waals surface area contributed by atoms with Crippen LogP contribution in [0.2, 0.25) is 5.02 Å². The fraction of sp³-hybridized carbons (Fsp3) is 0.143. The highest BCUT2D eigenvalue weighted by atomic mass is 79.9. The first-order valence-corrected chi connectivity index (χ1v) is 6.79. The summed E-state index contributed by atoms with van der Waals surface area (Å²) in [6, 6.07) is 8.24. The highest BCUT2D eigenvalue weighted by Gasteiger charge is 2.15. The molecule has 1 nitrogen and oxygen atoms in total. The molecule has 19 heavy (non-hydrogen) atoms. The molecule has 0 aliphatic rings. The van der Waals surface area contributed by atoms with Gasteiger partial charge in [-0.15, -0.1) is 0 Å². The van der Waals surface area contributed by atoms with Gasteiger partial charge in [0.05, 0.1) is 0 Å². The molecule has 1 atom stereocenters. The minimum atomic E-state index is -0.644. The first kappa shape index (κ1) is 14.4. The molecule has 0 heterocycles. The summed E-state index contributed by atoms with van der Waals surface area (Å²) in [5, 5.41) is 0.406. The van der Waals surface area contributed by atoms with Crippen molar-refractivity contribution in [2.75, 3.05) is 0 Å². The van der Waals surface area contributed by atoms with Crippen molar-refractivity contribution in [1.29, 1.82) is 0 Å². The molecule has 0 radical (unpaired) electrons. The lowest BCUT2D eigenvalue weighted by Gasteiger charge is -2.14. The highest BCUT2D eigenvalue weighted by molar-refractivity contribution is 9.10. The average molecular weight is 347 g/mol. The van der Waals surface area contributed by atoms with E-state index in [1.807, 2.05) is 0 Å². The lowest BCUT2D eigenvalue weighted by Crippen LogP contribution is -2.15. The van der Waals surface area contributed by atoms with E-state index >= 15 is 0 Å². The van der Waals surface area contributed by atoms with Crippen LogP contribution in [-0.4, -0.2) is 0 Å². The van der Waals surface area contributed by atoms with Crippen molar-refractivity contribution >= 4 is 27.5 Å². The molecule has 2 aromatic rings. The average Bonchev–Trinajstić information content (AvgIpc) is 2.35. The Hall–Kier alpha value is -0.970. The van der Waals surface area contributed by atoms with Crippen molar-refractivity contribution in [1.82, 2.24) is 0 Å². The number of hydrogen-bond acceptors (Lipinski definition) is 1. The van der Waals surface area contributed by atoms with Crippen LogP contribution in [0.5, 0.6) is 0 Å². The van der Waals surface area contributed by atoms with Crippen LogP contribution >= 0.6 is 27.5 Å². The molecule has 1 unspecified atom stereocenters. The van der Waals surface area contributed by atoms with Crippen molar-refractivity contribution in [3.63, 3.8) is 0 Å². The van der Waals surface area contributed by atoms with Crippen LogP contribution in [0, 0.1) is 11.6 Å². The molecule has 0 spiro atoms. The van der Waals surface area contributed by atoms with Gasteiger partial charge in [-0.25, -0.2) is 8.78 Å². The molecule has 0 saturated carbocycles. The van der Waals surface area contributed by atoms with E-state index in [1.54, 1.807) is 12.1 Å². The molecule has 0 fully saturated rings. The zero-order chi connectivity index (χ0) is 14.0. The molecule has 2 aromatic carbocycles. The number of rotatable bonds is 3. The van der Waals surface area contributed by atoms with Gasteiger partial charge in [0.15, 0.2) is 0 Å². The Bertz CT molecular complexity index is 604. The number of hydrogen-bond donors (Lipinski definition) is 1. The Morgan fingerprint density at radius 3 is 2.53 bits per heavy atom. The molecule has 0 amide bonds. The summed E-state index contributed by atoms with van der Waals surface area (Å²) < 4.78 is 28.0. The fourth-order valence-corrected chi connectivity index (χ4v) is 2.35. The zero-order valence-electron chi connectivity index (χ0n) is 9.84. The molecule has 5 heteroatoms. The van der Waals surface area contributed by atoms with Gasteiger partial charge in [-0.2, -0.15) is 0 Å². The maximum Gasteiger partial charge on any atom is 0.128 e. The molecule has 100 valence electrons. The SMILES string of the molecule is NC(Cc1ccc(Br)cc1F)c1cc(Cl)ccc1F. The summed E-state index contributed by atoms with van der Waals surface area (Å²) in [5.74, 6) is -0.804. The second kappa shape index (κ2) is 5.99. The van der Waals surface area contributed by atoms with Gasteiger partial charge >= 0.3 is 0 Å². The van der Waals surface area contributed by atoms with Gasteiger partial charge in [0.2, 0.25) is 0 Å². The van der Waals surface area contributed by atoms with Crippen molar-refractivity contribution in [3.05, 3.63) is 68.7 Å². The summed E-state index contributed by atoms with van der Waals surface area (Å²) in [4.78, 5) is 0. The molecule has 2 N–H and O–H groups in total. The summed E-state index contributed by atoms with van der Waals surface area (Å²) in [5.41, 5.74) is 6.65. The van der Waals surface area contributed by atoms with Gasteiger partial charge in [0.25, 0.3) is 0 Å². The van der Waals surface area contributed by atoms with Crippen LogP contribution in [0.1, 0.15) is 17.2 Å². The predicted molar refractivity (Wildman–Crippen MR) is 76.1 cm³/mol. The van der Waals surface area contributed by atoms with Crippen molar-refractivity contribution < 1.29 is 8.78 Å². The largest absolute Gasteiger partial charge is 0.324 e. The van der Waals surface area contributed by atoms with Crippen LogP contribution in [0.4, 0.5) is 8.78 Å². The number of benzene rings is 2. The van der Waals surface area contributed by atoms with E-state index in [9.17, 15) is 8.78 Å². The van der Waals surface area contributed by atoms with E-state index in [-0.39, 0.29) is 17.8 Å². The summed E-state index contributed by atoms with van der Waals surface area (Å²) in [6.45, 7) is 0. The number of halogens is 4. The molecule has 0 aromatic heterocycles. The summed E-state index contributed by atoms with van der Waals surface area (Å²) >= 11 is 8.99. The first-order valence-electron chi connectivity index (χ1n) is 5.62. The van der Waals surface area contributed by atoms with Crippen LogP contribution in [0.15, 0.2) is 40.9 Å². The topological polar surface area (TPSA) is 26.0 Å². The van der Waals surface area contributed by atoms with E-state index < -0.39 is 11.9 Å². The normalized spacial score (nSPS) is 12.5. The van der Waals surface area contributed by atoms with Crippen LogP contribution < -0.4 is 5.73 Å². The third-order valence-electron chi connectivity index (χ3n) is 2.81. The van der Waals surface area contributed by atoms with E-state index in [2.05, 4.69) is 15.9 Å². The van der Waals surface area contributed by atoms with Crippen LogP contribution in [0.25, 0.3) is 0 Å². The number of nitrogens with two attached hydrogens (primary N) is 1. The smallest absolute Gasteiger partial charge is 0.128 e. The second-order valence-electron chi connectivity index (χ2n) is 4.21. The Labute approximate surface area is 123 Å². The van der Waals surface area contributed by atoms with E-state index in [0.717, 1.165) is 0 Å². The minimum absolute atomic E-state index is 0.205. The van der Waals surface area contributed by atoms with Gasteiger partial charge in [-0.1, -0.05) is 33.6 Å². The predicted octanol–water partition coefficient (Wildman–Crippen LogP) is 4.62. The van der Waals surface area contributed by atoms with Crippen molar-refractivity contribution in [2.45, 2.75) is 12.5 Å². The van der Waals surface area contributed by atoms with Gasteiger partial charge in [-0.05, 0) is 42.3 Å². The van der Waals surface area contributed by atoms with E-state index in [4.69, 9.17) is 17.3 Å². The van der Waals surface area contributed by atoms with Crippen LogP contribution in [-0.2, 0) is 6.42 Å². The highest BCUT2D eigenvalue weighted by Crippen LogP contribution is 2.24. The molecule has 0 aliphatic heterocycles. The van der Waals surface area contributed by atoms with Gasteiger partial charge in [0.1, 0.15) is 11.6 Å². The summed E-state index contributed by atoms with van der Waals surface area (Å²) in [6.07, 6.45) is 0.205. The summed E-state index contributed by atoms with van der Waals surface area (Å²) in [7, 11) is 0. The fourth-order valence-electron chi connectivity index (χ4n) is 1.83. The maximum atomic E-state index is 13.7. The lowest BCUT2D eigenvalue weighted by atomic mass is 9.99. The molecule has 0 saturated heterocycles. The van der Waals surface area contributed by atoms with Gasteiger partial charge in [0, 0.05) is 21.1 Å². The lowest BCUT2D eigenvalue weighted by molar-refractivity contribution is 0.563. The molecular weight excluding hydrogens is 336 g/mol. The quantitative estimate of drug-likeness (QED) is 0.862. The van der Waals surface area contributed by atoms with Crippen molar-refractivity contribution in [2.24, 2.45) is 5.73 Å². The third-order valence-corrected chi connectivity index (χ3v) is 3.54. The van der Waals surface area contributed by atoms with Gasteiger partial charge in [-0.3, -0.25) is 0 Å². The molecule has 0 aliphatic carbocycles. The standard InChI is InChI=1S/C14H11BrClF2N/c15-9-2-1-8(13(18)6-9)5-14(19)11-7-10(16)3-4-12(11)17/h1-4,6-7,14H,5,19H2. The Kier molecular flexibility index (Phi) is 4.55. The Morgan fingerprint density at radius 2 is 1.84 bits per heavy atom. The molecule has 2 rings (SSSR count). The maximum absolute atomic E-state index is 13.7. The van der Waals surface area contributed by atoms with E-state index in [0.29, 0.717) is 15.1 Å². The Morgan fingerprint density at radius 1 is 1.11 bits per heavy atom. The van der Waals surface area contributed by atoms with Crippen LogP contribution in [0.3, 0.4) is 0 Å². The molecule has 0 bridgehead atoms. The second-order valence-corrected chi connectivity index (χ2v) is 5.56. The zero-order valence-corrected chi connectivity index (χ0v) is 12.2. The Balaban J connectivity index is 2.25. The van der Waals surface area contributed by atoms with Crippen molar-refractivity contribution in [3.8, 4) is 0 Å². The minimum Gasteiger partial charge on any atom is -0.324 e. The first-order chi connectivity index (χ1) is 8.97. The van der Waals surface area contributed by atoms with E-state index in [1.165, 1.54) is 24.3 Å². The van der Waals surface area contributed by atoms with Gasteiger partial charge < -0.3 is 5.73 Å². The monoisotopic (exact) mass is 345 g/mol.